The monoisotopic (exact) mass is 363 g/mol. The molecule has 1 heterocycles. The molecule has 3 nitrogen and oxygen atoms in total. The minimum atomic E-state index is -2.47. The summed E-state index contributed by atoms with van der Waals surface area (Å²) in [7, 11) is 1.60. The minimum Gasteiger partial charge on any atom is -0.495 e. The van der Waals surface area contributed by atoms with Crippen LogP contribution in [0.1, 0.15) is 27.9 Å². The van der Waals surface area contributed by atoms with E-state index in [0.717, 1.165) is 29.7 Å². The van der Waals surface area contributed by atoms with Gasteiger partial charge in [0.1, 0.15) is 5.75 Å². The second-order valence-electron chi connectivity index (χ2n) is 5.88. The third kappa shape index (κ3) is 3.63. The van der Waals surface area contributed by atoms with Crippen molar-refractivity contribution < 1.29 is 18.3 Å². The van der Waals surface area contributed by atoms with Crippen molar-refractivity contribution in [3.63, 3.8) is 0 Å². The summed E-state index contributed by atoms with van der Waals surface area (Å²) in [5, 5.41) is 0. The highest BCUT2D eigenvalue weighted by Crippen LogP contribution is 2.39. The summed E-state index contributed by atoms with van der Waals surface area (Å²) in [6, 6.07) is 10.2. The van der Waals surface area contributed by atoms with Crippen LogP contribution in [0.5, 0.6) is 5.75 Å². The summed E-state index contributed by atoms with van der Waals surface area (Å²) < 4.78 is 30.3. The molecule has 2 aromatic rings. The standard InChI is InChI=1S/C19H19F2NO2S/c1-12-5-10-16(24-2)17-15(12)4-3-11-22(17)18(23)13-6-8-14(9-7-13)25-19(20)21/h5-10,19H,3-4,11H2,1-2H3. The van der Waals surface area contributed by atoms with E-state index in [0.29, 0.717) is 34.5 Å². The SMILES string of the molecule is COc1ccc(C)c2c1N(C(=O)c1ccc(SC(F)F)cc1)CCC2. The Balaban J connectivity index is 1.93. The van der Waals surface area contributed by atoms with Crippen LogP contribution in [-0.4, -0.2) is 25.3 Å². The minimum absolute atomic E-state index is 0.140. The predicted octanol–water partition coefficient (Wildman–Crippen LogP) is 4.91. The molecule has 0 saturated heterocycles. The van der Waals surface area contributed by atoms with E-state index in [1.807, 2.05) is 19.1 Å². The number of methoxy groups -OCH3 is 1. The quantitative estimate of drug-likeness (QED) is 0.723. The Kier molecular flexibility index (Phi) is 5.27. The van der Waals surface area contributed by atoms with Crippen LogP contribution < -0.4 is 9.64 Å². The number of halogens is 2. The van der Waals surface area contributed by atoms with Crippen molar-refractivity contribution >= 4 is 23.4 Å². The van der Waals surface area contributed by atoms with Crippen molar-refractivity contribution in [1.82, 2.24) is 0 Å². The van der Waals surface area contributed by atoms with Gasteiger partial charge in [-0.1, -0.05) is 17.8 Å². The van der Waals surface area contributed by atoms with Crippen molar-refractivity contribution in [2.75, 3.05) is 18.6 Å². The van der Waals surface area contributed by atoms with Crippen molar-refractivity contribution in [3.05, 3.63) is 53.1 Å². The fourth-order valence-electron chi connectivity index (χ4n) is 3.16. The smallest absolute Gasteiger partial charge is 0.288 e. The van der Waals surface area contributed by atoms with Gasteiger partial charge in [-0.05, 0) is 61.2 Å². The molecule has 25 heavy (non-hydrogen) atoms. The van der Waals surface area contributed by atoms with Crippen molar-refractivity contribution in [3.8, 4) is 5.75 Å². The number of fused-ring (bicyclic) bond motifs is 1. The molecule has 0 saturated carbocycles. The van der Waals surface area contributed by atoms with Gasteiger partial charge >= 0.3 is 0 Å². The van der Waals surface area contributed by atoms with Gasteiger partial charge < -0.3 is 9.64 Å². The number of benzene rings is 2. The van der Waals surface area contributed by atoms with E-state index < -0.39 is 5.76 Å². The molecule has 0 bridgehead atoms. The summed E-state index contributed by atoms with van der Waals surface area (Å²) in [6.45, 7) is 2.64. The molecule has 1 aliphatic rings. The molecular formula is C19H19F2NO2S. The number of thioether (sulfide) groups is 1. The largest absolute Gasteiger partial charge is 0.495 e. The number of ether oxygens (including phenoxy) is 1. The number of amides is 1. The van der Waals surface area contributed by atoms with E-state index in [-0.39, 0.29) is 5.91 Å². The molecule has 0 aliphatic carbocycles. The third-order valence-corrected chi connectivity index (χ3v) is 5.07. The lowest BCUT2D eigenvalue weighted by Gasteiger charge is -2.32. The Morgan fingerprint density at radius 1 is 1.20 bits per heavy atom. The molecule has 1 amide bonds. The van der Waals surface area contributed by atoms with E-state index in [1.54, 1.807) is 36.3 Å². The molecule has 0 unspecified atom stereocenters. The first kappa shape index (κ1) is 17.7. The summed E-state index contributed by atoms with van der Waals surface area (Å²) in [5.41, 5.74) is 3.57. The normalized spacial score (nSPS) is 13.7. The predicted molar refractivity (Wildman–Crippen MR) is 96.0 cm³/mol. The zero-order valence-corrected chi connectivity index (χ0v) is 14.9. The third-order valence-electron chi connectivity index (χ3n) is 4.35. The summed E-state index contributed by atoms with van der Waals surface area (Å²) in [6.07, 6.45) is 1.79. The topological polar surface area (TPSA) is 29.5 Å². The van der Waals surface area contributed by atoms with Gasteiger partial charge in [0.15, 0.2) is 0 Å². The molecule has 132 valence electrons. The van der Waals surface area contributed by atoms with Crippen LogP contribution in [0, 0.1) is 6.92 Å². The van der Waals surface area contributed by atoms with E-state index >= 15 is 0 Å². The Labute approximate surface area is 150 Å². The molecule has 2 aromatic carbocycles. The van der Waals surface area contributed by atoms with Gasteiger partial charge in [-0.25, -0.2) is 0 Å². The number of hydrogen-bond acceptors (Lipinski definition) is 3. The molecule has 0 atom stereocenters. The Hall–Kier alpha value is -2.08. The molecule has 0 aromatic heterocycles. The molecule has 0 fully saturated rings. The number of carbonyl (C=O) groups is 1. The van der Waals surface area contributed by atoms with Crippen molar-refractivity contribution in [2.45, 2.75) is 30.4 Å². The van der Waals surface area contributed by atoms with Gasteiger partial charge in [-0.3, -0.25) is 4.79 Å². The molecule has 0 radical (unpaired) electrons. The van der Waals surface area contributed by atoms with Crippen molar-refractivity contribution in [1.29, 1.82) is 0 Å². The molecule has 6 heteroatoms. The molecular weight excluding hydrogens is 344 g/mol. The van der Waals surface area contributed by atoms with Gasteiger partial charge in [-0.2, -0.15) is 8.78 Å². The van der Waals surface area contributed by atoms with Crippen LogP contribution in [0.2, 0.25) is 0 Å². The second-order valence-corrected chi connectivity index (χ2v) is 6.94. The number of alkyl halides is 2. The fourth-order valence-corrected chi connectivity index (χ4v) is 3.65. The maximum Gasteiger partial charge on any atom is 0.288 e. The number of rotatable bonds is 4. The van der Waals surface area contributed by atoms with Crippen LogP contribution in [0.25, 0.3) is 0 Å². The maximum atomic E-state index is 13.0. The molecule has 1 aliphatic heterocycles. The Morgan fingerprint density at radius 3 is 2.56 bits per heavy atom. The van der Waals surface area contributed by atoms with Crippen LogP contribution in [0.4, 0.5) is 14.5 Å². The second kappa shape index (κ2) is 7.44. The van der Waals surface area contributed by atoms with Crippen LogP contribution >= 0.6 is 11.8 Å². The number of hydrogen-bond donors (Lipinski definition) is 0. The number of anilines is 1. The first-order chi connectivity index (χ1) is 12.0. The summed E-state index contributed by atoms with van der Waals surface area (Å²) >= 11 is 0.473. The zero-order chi connectivity index (χ0) is 18.0. The van der Waals surface area contributed by atoms with E-state index in [9.17, 15) is 13.6 Å². The maximum absolute atomic E-state index is 13.0. The summed E-state index contributed by atoms with van der Waals surface area (Å²) in [4.78, 5) is 15.2. The number of aryl methyl sites for hydroxylation is 1. The first-order valence-corrected chi connectivity index (χ1v) is 8.92. The molecule has 3 rings (SSSR count). The molecule has 0 N–H and O–H groups in total. The highest BCUT2D eigenvalue weighted by Gasteiger charge is 2.28. The molecule has 0 spiro atoms. The van der Waals surface area contributed by atoms with Gasteiger partial charge in [-0.15, -0.1) is 0 Å². The summed E-state index contributed by atoms with van der Waals surface area (Å²) in [5.74, 6) is -1.93. The highest BCUT2D eigenvalue weighted by molar-refractivity contribution is 7.99. The lowest BCUT2D eigenvalue weighted by molar-refractivity contribution is 0.0984. The van der Waals surface area contributed by atoms with Crippen LogP contribution in [0.15, 0.2) is 41.3 Å². The average Bonchev–Trinajstić information content (AvgIpc) is 2.61. The average molecular weight is 363 g/mol. The first-order valence-electron chi connectivity index (χ1n) is 8.04. The van der Waals surface area contributed by atoms with Crippen LogP contribution in [0.3, 0.4) is 0 Å². The number of nitrogens with zero attached hydrogens (tertiary/aromatic N) is 1. The Bertz CT molecular complexity index is 778. The van der Waals surface area contributed by atoms with Gasteiger partial charge in [0.25, 0.3) is 11.7 Å². The number of carbonyl (C=O) groups excluding carboxylic acids is 1. The lowest BCUT2D eigenvalue weighted by Crippen LogP contribution is -2.36. The highest BCUT2D eigenvalue weighted by atomic mass is 32.2. The zero-order valence-electron chi connectivity index (χ0n) is 14.1. The van der Waals surface area contributed by atoms with Gasteiger partial charge in [0, 0.05) is 17.0 Å². The van der Waals surface area contributed by atoms with Gasteiger partial charge in [0.05, 0.1) is 12.8 Å². The van der Waals surface area contributed by atoms with E-state index in [4.69, 9.17) is 4.74 Å². The Morgan fingerprint density at radius 2 is 1.92 bits per heavy atom. The van der Waals surface area contributed by atoms with Crippen molar-refractivity contribution in [2.24, 2.45) is 0 Å². The van der Waals surface area contributed by atoms with Crippen LogP contribution in [-0.2, 0) is 6.42 Å². The fraction of sp³-hybridized carbons (Fsp3) is 0.316. The van der Waals surface area contributed by atoms with E-state index in [2.05, 4.69) is 0 Å². The van der Waals surface area contributed by atoms with Gasteiger partial charge in [0.2, 0.25) is 0 Å². The lowest BCUT2D eigenvalue weighted by atomic mass is 9.95. The van der Waals surface area contributed by atoms with E-state index in [1.165, 1.54) is 0 Å².